The molecule has 0 spiro atoms. The van der Waals surface area contributed by atoms with E-state index in [-0.39, 0.29) is 36.8 Å². The fourth-order valence-electron chi connectivity index (χ4n) is 2.16. The van der Waals surface area contributed by atoms with Gasteiger partial charge in [-0.15, -0.1) is 0 Å². The first-order valence-electron chi connectivity index (χ1n) is 6.48. The number of carbonyl (C=O) groups excluding carboxylic acids is 2. The zero-order chi connectivity index (χ0) is 14.7. The lowest BCUT2D eigenvalue weighted by atomic mass is 10.1. The van der Waals surface area contributed by atoms with Crippen LogP contribution in [-0.2, 0) is 9.59 Å². The van der Waals surface area contributed by atoms with Crippen molar-refractivity contribution < 1.29 is 14.7 Å². The molecule has 0 aliphatic carbocycles. The molecule has 1 saturated heterocycles. The van der Waals surface area contributed by atoms with Crippen LogP contribution >= 0.6 is 11.6 Å². The molecule has 20 heavy (non-hydrogen) atoms. The lowest BCUT2D eigenvalue weighted by molar-refractivity contribution is -0.127. The minimum Gasteiger partial charge on any atom is -0.394 e. The van der Waals surface area contributed by atoms with Crippen molar-refractivity contribution in [3.8, 4) is 0 Å². The third-order valence-corrected chi connectivity index (χ3v) is 3.55. The van der Waals surface area contributed by atoms with Gasteiger partial charge in [0.25, 0.3) is 0 Å². The summed E-state index contributed by atoms with van der Waals surface area (Å²) in [5.41, 5.74) is 0.741. The van der Waals surface area contributed by atoms with Crippen LogP contribution in [-0.4, -0.2) is 36.1 Å². The van der Waals surface area contributed by atoms with E-state index in [9.17, 15) is 9.59 Å². The van der Waals surface area contributed by atoms with E-state index in [1.807, 2.05) is 0 Å². The van der Waals surface area contributed by atoms with Crippen molar-refractivity contribution in [2.24, 2.45) is 5.92 Å². The smallest absolute Gasteiger partial charge is 0.227 e. The highest BCUT2D eigenvalue weighted by atomic mass is 35.5. The molecule has 2 amide bonds. The van der Waals surface area contributed by atoms with Crippen LogP contribution in [0.5, 0.6) is 0 Å². The number of rotatable bonds is 4. The Morgan fingerprint density at radius 2 is 2.15 bits per heavy atom. The predicted molar refractivity (Wildman–Crippen MR) is 76.6 cm³/mol. The minimum atomic E-state index is -0.382. The normalized spacial score (nSPS) is 20.1. The topological polar surface area (TPSA) is 69.6 Å². The monoisotopic (exact) mass is 296 g/mol. The van der Waals surface area contributed by atoms with Crippen molar-refractivity contribution in [2.75, 3.05) is 18.1 Å². The zero-order valence-corrected chi connectivity index (χ0v) is 11.9. The summed E-state index contributed by atoms with van der Waals surface area (Å²) in [6, 6.07) is 6.65. The summed E-state index contributed by atoms with van der Waals surface area (Å²) < 4.78 is 0. The van der Waals surface area contributed by atoms with Crippen molar-refractivity contribution in [1.82, 2.24) is 5.32 Å². The van der Waals surface area contributed by atoms with E-state index in [0.29, 0.717) is 11.6 Å². The second kappa shape index (κ2) is 6.24. The van der Waals surface area contributed by atoms with Gasteiger partial charge in [-0.1, -0.05) is 11.6 Å². The Labute approximate surface area is 122 Å². The van der Waals surface area contributed by atoms with Crippen LogP contribution in [0.25, 0.3) is 0 Å². The molecule has 6 heteroatoms. The van der Waals surface area contributed by atoms with Gasteiger partial charge in [0.1, 0.15) is 0 Å². The quantitative estimate of drug-likeness (QED) is 0.877. The Hall–Kier alpha value is -1.59. The number of nitrogens with one attached hydrogen (secondary N) is 1. The fourth-order valence-corrected chi connectivity index (χ4v) is 2.29. The average molecular weight is 297 g/mol. The number of hydrogen-bond donors (Lipinski definition) is 2. The number of aliphatic hydroxyl groups excluding tert-OH is 1. The zero-order valence-electron chi connectivity index (χ0n) is 11.2. The summed E-state index contributed by atoms with van der Waals surface area (Å²) in [5.74, 6) is -0.660. The van der Waals surface area contributed by atoms with E-state index in [0.717, 1.165) is 5.69 Å². The number of amides is 2. The van der Waals surface area contributed by atoms with E-state index >= 15 is 0 Å². The predicted octanol–water partition coefficient (Wildman–Crippen LogP) is 1.19. The SMILES string of the molecule is CC(CO)NC(=O)C1CC(=O)N(c2ccc(Cl)cc2)C1. The van der Waals surface area contributed by atoms with E-state index in [2.05, 4.69) is 5.32 Å². The molecule has 2 atom stereocenters. The maximum atomic E-state index is 12.0. The Bertz CT molecular complexity index is 504. The van der Waals surface area contributed by atoms with Crippen LogP contribution in [0.3, 0.4) is 0 Å². The second-order valence-electron chi connectivity index (χ2n) is 4.97. The molecule has 1 aromatic rings. The first kappa shape index (κ1) is 14.8. The van der Waals surface area contributed by atoms with E-state index < -0.39 is 0 Å². The van der Waals surface area contributed by atoms with Gasteiger partial charge in [-0.05, 0) is 31.2 Å². The number of benzene rings is 1. The van der Waals surface area contributed by atoms with Crippen LogP contribution in [0.2, 0.25) is 5.02 Å². The first-order chi connectivity index (χ1) is 9.51. The molecule has 0 radical (unpaired) electrons. The molecule has 1 fully saturated rings. The molecule has 5 nitrogen and oxygen atoms in total. The molecule has 2 unspecified atom stereocenters. The highest BCUT2D eigenvalue weighted by molar-refractivity contribution is 6.30. The molecule has 0 aromatic heterocycles. The number of halogens is 1. The van der Waals surface area contributed by atoms with E-state index in [4.69, 9.17) is 16.7 Å². The van der Waals surface area contributed by atoms with Gasteiger partial charge < -0.3 is 15.3 Å². The minimum absolute atomic E-state index is 0.0795. The molecular weight excluding hydrogens is 280 g/mol. The van der Waals surface area contributed by atoms with Crippen molar-refractivity contribution in [3.05, 3.63) is 29.3 Å². The molecule has 2 rings (SSSR count). The molecule has 2 N–H and O–H groups in total. The van der Waals surface area contributed by atoms with Gasteiger partial charge >= 0.3 is 0 Å². The number of carbonyl (C=O) groups is 2. The van der Waals surface area contributed by atoms with Crippen molar-refractivity contribution >= 4 is 29.1 Å². The average Bonchev–Trinajstić information content (AvgIpc) is 2.81. The molecule has 1 aromatic carbocycles. The van der Waals surface area contributed by atoms with Crippen LogP contribution in [0, 0.1) is 5.92 Å². The van der Waals surface area contributed by atoms with Crippen molar-refractivity contribution in [2.45, 2.75) is 19.4 Å². The van der Waals surface area contributed by atoms with Crippen LogP contribution < -0.4 is 10.2 Å². The molecular formula is C14H17ClN2O3. The van der Waals surface area contributed by atoms with E-state index in [1.54, 1.807) is 36.1 Å². The Morgan fingerprint density at radius 1 is 1.50 bits per heavy atom. The maximum absolute atomic E-state index is 12.0. The third-order valence-electron chi connectivity index (χ3n) is 3.30. The number of nitrogens with zero attached hydrogens (tertiary/aromatic N) is 1. The highest BCUT2D eigenvalue weighted by Gasteiger charge is 2.35. The lowest BCUT2D eigenvalue weighted by Crippen LogP contribution is -2.40. The molecule has 1 aliphatic rings. The van der Waals surface area contributed by atoms with Crippen molar-refractivity contribution in [1.29, 1.82) is 0 Å². The van der Waals surface area contributed by atoms with Gasteiger partial charge in [0.15, 0.2) is 0 Å². The third kappa shape index (κ3) is 3.29. The highest BCUT2D eigenvalue weighted by Crippen LogP contribution is 2.26. The molecule has 108 valence electrons. The first-order valence-corrected chi connectivity index (χ1v) is 6.86. The van der Waals surface area contributed by atoms with Gasteiger partial charge in [0, 0.05) is 29.7 Å². The number of aliphatic hydroxyl groups is 1. The fraction of sp³-hybridized carbons (Fsp3) is 0.429. The summed E-state index contributed by atoms with van der Waals surface area (Å²) in [6.45, 7) is 1.95. The molecule has 0 saturated carbocycles. The second-order valence-corrected chi connectivity index (χ2v) is 5.41. The summed E-state index contributed by atoms with van der Waals surface area (Å²) in [5, 5.41) is 12.2. The number of hydrogen-bond acceptors (Lipinski definition) is 3. The Kier molecular flexibility index (Phi) is 4.62. The van der Waals surface area contributed by atoms with Gasteiger partial charge in [-0.2, -0.15) is 0 Å². The van der Waals surface area contributed by atoms with Gasteiger partial charge in [-0.3, -0.25) is 9.59 Å². The van der Waals surface area contributed by atoms with Crippen molar-refractivity contribution in [3.63, 3.8) is 0 Å². The lowest BCUT2D eigenvalue weighted by Gasteiger charge is -2.17. The maximum Gasteiger partial charge on any atom is 0.227 e. The van der Waals surface area contributed by atoms with Gasteiger partial charge in [-0.25, -0.2) is 0 Å². The summed E-state index contributed by atoms with van der Waals surface area (Å²) in [7, 11) is 0. The largest absolute Gasteiger partial charge is 0.394 e. The van der Waals surface area contributed by atoms with Gasteiger partial charge in [0.2, 0.25) is 11.8 Å². The van der Waals surface area contributed by atoms with Crippen LogP contribution in [0.4, 0.5) is 5.69 Å². The standard InChI is InChI=1S/C14H17ClN2O3/c1-9(8-18)16-14(20)10-6-13(19)17(7-10)12-4-2-11(15)3-5-12/h2-5,9-10,18H,6-8H2,1H3,(H,16,20). The van der Waals surface area contributed by atoms with Gasteiger partial charge in [0.05, 0.1) is 12.5 Å². The van der Waals surface area contributed by atoms with E-state index in [1.165, 1.54) is 0 Å². The number of anilines is 1. The van der Waals surface area contributed by atoms with Crippen LogP contribution in [0.1, 0.15) is 13.3 Å². The summed E-state index contributed by atoms with van der Waals surface area (Å²) in [6.07, 6.45) is 0.187. The van der Waals surface area contributed by atoms with Crippen LogP contribution in [0.15, 0.2) is 24.3 Å². The molecule has 1 aliphatic heterocycles. The summed E-state index contributed by atoms with van der Waals surface area (Å²) in [4.78, 5) is 25.5. The molecule has 1 heterocycles. The Balaban J connectivity index is 2.03. The Morgan fingerprint density at radius 3 is 2.75 bits per heavy atom. The summed E-state index contributed by atoms with van der Waals surface area (Å²) >= 11 is 5.82. The molecule has 0 bridgehead atoms.